The number of halogens is 2. The number of aromatic amines is 1. The molecule has 1 atom stereocenters. The average Bonchev–Trinajstić information content (AvgIpc) is 2.73. The van der Waals surface area contributed by atoms with Crippen LogP contribution in [-0.4, -0.2) is 29.7 Å². The van der Waals surface area contributed by atoms with Crippen LogP contribution in [0.1, 0.15) is 17.4 Å². The number of hydrogen-bond donors (Lipinski definition) is 2. The molecule has 0 amide bonds. The van der Waals surface area contributed by atoms with E-state index >= 15 is 0 Å². The van der Waals surface area contributed by atoms with Crippen molar-refractivity contribution < 1.29 is 4.74 Å². The number of morpholine rings is 1. The van der Waals surface area contributed by atoms with Crippen molar-refractivity contribution in [3.63, 3.8) is 0 Å². The molecule has 4 nitrogen and oxygen atoms in total. The molecule has 0 saturated carbocycles. The van der Waals surface area contributed by atoms with Crippen molar-refractivity contribution >= 4 is 35.8 Å². The van der Waals surface area contributed by atoms with Gasteiger partial charge in [0.05, 0.1) is 6.61 Å². The molecule has 3 heterocycles. The van der Waals surface area contributed by atoms with Crippen LogP contribution in [0.5, 0.6) is 0 Å². The molecule has 0 spiro atoms. The van der Waals surface area contributed by atoms with Crippen LogP contribution in [0.4, 0.5) is 0 Å². The van der Waals surface area contributed by atoms with Crippen molar-refractivity contribution in [2.24, 2.45) is 0 Å². The number of H-pyrrole nitrogens is 1. The van der Waals surface area contributed by atoms with Crippen LogP contribution < -0.4 is 5.32 Å². The third-order valence-electron chi connectivity index (χ3n) is 2.90. The standard InChI is InChI=1S/C12H15N3O.2ClH/c1-8-4-9-5-10(15-12(9)14-6-8)11-7-13-2-3-16-11;;/h4-6,11,13H,2-3,7H2,1H3,(H,14,15);2*1H. The molecule has 0 bridgehead atoms. The number of nitrogens with one attached hydrogen (secondary N) is 2. The first-order valence-electron chi connectivity index (χ1n) is 5.60. The lowest BCUT2D eigenvalue weighted by atomic mass is 10.2. The number of ether oxygens (including phenoxy) is 1. The summed E-state index contributed by atoms with van der Waals surface area (Å²) < 4.78 is 5.70. The lowest BCUT2D eigenvalue weighted by Gasteiger charge is -2.22. The molecule has 1 fully saturated rings. The van der Waals surface area contributed by atoms with Crippen LogP contribution >= 0.6 is 24.8 Å². The summed E-state index contributed by atoms with van der Waals surface area (Å²) >= 11 is 0. The molecule has 18 heavy (non-hydrogen) atoms. The Morgan fingerprint density at radius 1 is 1.33 bits per heavy atom. The summed E-state index contributed by atoms with van der Waals surface area (Å²) in [5.74, 6) is 0. The SMILES string of the molecule is Cc1cnc2[nH]c(C3CNCCO3)cc2c1.Cl.Cl. The zero-order chi connectivity index (χ0) is 11.0. The minimum Gasteiger partial charge on any atom is -0.369 e. The topological polar surface area (TPSA) is 49.9 Å². The lowest BCUT2D eigenvalue weighted by Crippen LogP contribution is -2.33. The van der Waals surface area contributed by atoms with E-state index in [-0.39, 0.29) is 30.9 Å². The van der Waals surface area contributed by atoms with E-state index in [9.17, 15) is 0 Å². The number of aryl methyl sites for hydroxylation is 1. The van der Waals surface area contributed by atoms with Gasteiger partial charge in [-0.05, 0) is 24.6 Å². The van der Waals surface area contributed by atoms with Gasteiger partial charge in [0.15, 0.2) is 0 Å². The molecule has 1 aliphatic heterocycles. The van der Waals surface area contributed by atoms with Gasteiger partial charge in [-0.2, -0.15) is 0 Å². The number of hydrogen-bond acceptors (Lipinski definition) is 3. The van der Waals surface area contributed by atoms with Gasteiger partial charge in [-0.25, -0.2) is 4.98 Å². The van der Waals surface area contributed by atoms with Gasteiger partial charge in [0.2, 0.25) is 0 Å². The third-order valence-corrected chi connectivity index (χ3v) is 2.90. The molecule has 0 aromatic carbocycles. The van der Waals surface area contributed by atoms with Crippen molar-refractivity contribution in [3.8, 4) is 0 Å². The van der Waals surface area contributed by atoms with Crippen molar-refractivity contribution in [1.82, 2.24) is 15.3 Å². The monoisotopic (exact) mass is 289 g/mol. The van der Waals surface area contributed by atoms with Crippen LogP contribution in [0.3, 0.4) is 0 Å². The maximum atomic E-state index is 5.70. The fraction of sp³-hybridized carbons (Fsp3) is 0.417. The fourth-order valence-electron chi connectivity index (χ4n) is 2.09. The predicted molar refractivity (Wildman–Crippen MR) is 76.9 cm³/mol. The second kappa shape index (κ2) is 6.38. The first kappa shape index (κ1) is 15.2. The van der Waals surface area contributed by atoms with Gasteiger partial charge < -0.3 is 15.0 Å². The Bertz CT molecular complexity index is 509. The Kier molecular flexibility index (Phi) is 5.41. The summed E-state index contributed by atoms with van der Waals surface area (Å²) in [5.41, 5.74) is 3.23. The van der Waals surface area contributed by atoms with E-state index in [4.69, 9.17) is 4.74 Å². The Morgan fingerprint density at radius 2 is 2.17 bits per heavy atom. The summed E-state index contributed by atoms with van der Waals surface area (Å²) in [5, 5.41) is 4.48. The molecule has 100 valence electrons. The molecular weight excluding hydrogens is 273 g/mol. The highest BCUT2D eigenvalue weighted by atomic mass is 35.5. The summed E-state index contributed by atoms with van der Waals surface area (Å²) in [4.78, 5) is 7.68. The largest absolute Gasteiger partial charge is 0.369 e. The maximum Gasteiger partial charge on any atom is 0.137 e. The summed E-state index contributed by atoms with van der Waals surface area (Å²) in [6, 6.07) is 4.27. The van der Waals surface area contributed by atoms with E-state index in [0.29, 0.717) is 0 Å². The molecule has 6 heteroatoms. The molecule has 2 N–H and O–H groups in total. The Balaban J connectivity index is 0.000000810. The van der Waals surface area contributed by atoms with Crippen LogP contribution in [0.15, 0.2) is 18.3 Å². The zero-order valence-electron chi connectivity index (χ0n) is 10.1. The molecule has 1 saturated heterocycles. The Labute approximate surface area is 118 Å². The van der Waals surface area contributed by atoms with Crippen molar-refractivity contribution in [3.05, 3.63) is 29.6 Å². The molecule has 0 aliphatic carbocycles. The minimum absolute atomic E-state index is 0. The van der Waals surface area contributed by atoms with Gasteiger partial charge in [0, 0.05) is 30.4 Å². The molecule has 2 aromatic heterocycles. The van der Waals surface area contributed by atoms with Gasteiger partial charge in [0.25, 0.3) is 0 Å². The quantitative estimate of drug-likeness (QED) is 0.847. The molecule has 3 rings (SSSR count). The van der Waals surface area contributed by atoms with Gasteiger partial charge in [-0.15, -0.1) is 24.8 Å². The second-order valence-electron chi connectivity index (χ2n) is 4.24. The highest BCUT2D eigenvalue weighted by Crippen LogP contribution is 2.22. The van der Waals surface area contributed by atoms with Crippen molar-refractivity contribution in [2.75, 3.05) is 19.7 Å². The molecule has 1 unspecified atom stereocenters. The maximum absolute atomic E-state index is 5.70. The first-order valence-corrected chi connectivity index (χ1v) is 5.60. The van der Waals surface area contributed by atoms with E-state index in [1.807, 2.05) is 6.20 Å². The molecule has 1 aliphatic rings. The number of nitrogens with zero attached hydrogens (tertiary/aromatic N) is 1. The average molecular weight is 290 g/mol. The highest BCUT2D eigenvalue weighted by molar-refractivity contribution is 5.85. The van der Waals surface area contributed by atoms with E-state index in [1.165, 1.54) is 5.56 Å². The second-order valence-corrected chi connectivity index (χ2v) is 4.24. The summed E-state index contributed by atoms with van der Waals surface area (Å²) in [6.45, 7) is 4.63. The van der Waals surface area contributed by atoms with Gasteiger partial charge in [0.1, 0.15) is 11.8 Å². The summed E-state index contributed by atoms with van der Waals surface area (Å²) in [7, 11) is 0. The van der Waals surface area contributed by atoms with E-state index in [0.717, 1.165) is 36.4 Å². The Morgan fingerprint density at radius 3 is 2.89 bits per heavy atom. The van der Waals surface area contributed by atoms with Crippen molar-refractivity contribution in [1.29, 1.82) is 0 Å². The first-order chi connectivity index (χ1) is 7.83. The fourth-order valence-corrected chi connectivity index (χ4v) is 2.09. The number of fused-ring (bicyclic) bond motifs is 1. The molecular formula is C12H17Cl2N3O. The predicted octanol–water partition coefficient (Wildman–Crippen LogP) is 2.38. The van der Waals surface area contributed by atoms with E-state index in [2.05, 4.69) is 34.3 Å². The molecule has 2 aromatic rings. The highest BCUT2D eigenvalue weighted by Gasteiger charge is 2.17. The lowest BCUT2D eigenvalue weighted by molar-refractivity contribution is 0.0255. The minimum atomic E-state index is 0. The van der Waals surface area contributed by atoms with Crippen LogP contribution in [0.25, 0.3) is 11.0 Å². The Hall–Kier alpha value is -0.810. The van der Waals surface area contributed by atoms with Crippen LogP contribution in [-0.2, 0) is 4.74 Å². The molecule has 0 radical (unpaired) electrons. The third kappa shape index (κ3) is 2.95. The van der Waals surface area contributed by atoms with Crippen molar-refractivity contribution in [2.45, 2.75) is 13.0 Å². The summed E-state index contributed by atoms with van der Waals surface area (Å²) in [6.07, 6.45) is 2.01. The van der Waals surface area contributed by atoms with Crippen LogP contribution in [0, 0.1) is 6.92 Å². The van der Waals surface area contributed by atoms with Gasteiger partial charge in [-0.1, -0.05) is 0 Å². The smallest absolute Gasteiger partial charge is 0.137 e. The normalized spacial score (nSPS) is 19.1. The van der Waals surface area contributed by atoms with E-state index < -0.39 is 0 Å². The van der Waals surface area contributed by atoms with E-state index in [1.54, 1.807) is 0 Å². The van der Waals surface area contributed by atoms with Gasteiger partial charge >= 0.3 is 0 Å². The van der Waals surface area contributed by atoms with Gasteiger partial charge in [-0.3, -0.25) is 0 Å². The number of pyridine rings is 1. The van der Waals surface area contributed by atoms with Crippen LogP contribution in [0.2, 0.25) is 0 Å². The number of aromatic nitrogens is 2. The number of rotatable bonds is 1. The zero-order valence-corrected chi connectivity index (χ0v) is 11.7.